The summed E-state index contributed by atoms with van der Waals surface area (Å²) in [6.07, 6.45) is 7.00. The smallest absolute Gasteiger partial charge is 0.146 e. The highest BCUT2D eigenvalue weighted by Crippen LogP contribution is 2.38. The van der Waals surface area contributed by atoms with E-state index in [1.54, 1.807) is 24.5 Å². The summed E-state index contributed by atoms with van der Waals surface area (Å²) >= 11 is 1.41. The highest BCUT2D eigenvalue weighted by molar-refractivity contribution is 7.98. The molecule has 0 aromatic carbocycles. The average Bonchev–Trinajstić information content (AvgIpc) is 3.69. The van der Waals surface area contributed by atoms with E-state index in [4.69, 9.17) is 33.0 Å². The van der Waals surface area contributed by atoms with Gasteiger partial charge in [0.2, 0.25) is 0 Å². The van der Waals surface area contributed by atoms with Crippen LogP contribution in [0.15, 0.2) is 47.9 Å². The Morgan fingerprint density at radius 1 is 1.08 bits per heavy atom. The number of rotatable bonds is 11. The zero-order valence-corrected chi connectivity index (χ0v) is 20.2. The Hall–Kier alpha value is -3.47. The Morgan fingerprint density at radius 2 is 1.89 bits per heavy atom. The van der Waals surface area contributed by atoms with Gasteiger partial charge in [0.05, 0.1) is 47.6 Å². The Bertz CT molecular complexity index is 1290. The first-order valence-electron chi connectivity index (χ1n) is 11.1. The van der Waals surface area contributed by atoms with Gasteiger partial charge in [-0.05, 0) is 41.9 Å². The molecule has 3 heterocycles. The Kier molecular flexibility index (Phi) is 8.19. The van der Waals surface area contributed by atoms with Gasteiger partial charge in [-0.2, -0.15) is 10.5 Å². The summed E-state index contributed by atoms with van der Waals surface area (Å²) in [5.41, 5.74) is 2.46. The van der Waals surface area contributed by atoms with E-state index in [-0.39, 0.29) is 24.8 Å². The van der Waals surface area contributed by atoms with Gasteiger partial charge in [-0.1, -0.05) is 6.07 Å². The van der Waals surface area contributed by atoms with Crippen LogP contribution in [0.1, 0.15) is 29.5 Å². The molecule has 1 N–H and O–H groups in total. The van der Waals surface area contributed by atoms with E-state index in [1.165, 1.54) is 18.0 Å². The topological polar surface area (TPSA) is 117 Å². The van der Waals surface area contributed by atoms with Crippen molar-refractivity contribution in [3.8, 4) is 29.1 Å². The van der Waals surface area contributed by atoms with Crippen LogP contribution in [-0.4, -0.2) is 63.0 Å². The highest BCUT2D eigenvalue weighted by Gasteiger charge is 2.27. The average molecular weight is 488 g/mol. The van der Waals surface area contributed by atoms with Crippen molar-refractivity contribution in [2.75, 3.05) is 18.5 Å². The van der Waals surface area contributed by atoms with Crippen LogP contribution in [0.25, 0.3) is 11.3 Å². The quantitative estimate of drug-likeness (QED) is 0.247. The molecule has 8 nitrogen and oxygen atoms in total. The van der Waals surface area contributed by atoms with Gasteiger partial charge in [0.25, 0.3) is 0 Å². The summed E-state index contributed by atoms with van der Waals surface area (Å²) in [7, 11) is 16.1. The molecule has 0 aliphatic heterocycles. The van der Waals surface area contributed by atoms with Crippen molar-refractivity contribution in [3.63, 3.8) is 0 Å². The Balaban J connectivity index is 1.63. The maximum absolute atomic E-state index is 10.1. The summed E-state index contributed by atoms with van der Waals surface area (Å²) in [5.74, 6) is 1.49. The van der Waals surface area contributed by atoms with E-state index in [9.17, 15) is 10.5 Å². The molecule has 1 aliphatic carbocycles. The minimum Gasteiger partial charge on any atom is -0.490 e. The first-order valence-corrected chi connectivity index (χ1v) is 12.1. The normalized spacial score (nSPS) is 12.9. The number of anilines is 1. The molecule has 12 heteroatoms. The molecule has 0 saturated heterocycles. The third-order valence-corrected chi connectivity index (χ3v) is 6.15. The van der Waals surface area contributed by atoms with Gasteiger partial charge in [-0.3, -0.25) is 9.97 Å². The van der Waals surface area contributed by atoms with Gasteiger partial charge >= 0.3 is 0 Å². The van der Waals surface area contributed by atoms with Crippen LogP contribution in [0.3, 0.4) is 0 Å². The standard InChI is InChI=1S/C24H19B3N6O2S/c25-24(26,27)35-9-8-34-17-5-6-20(31-13-17)21-18(10-28)22(32-16-3-4-16)33-23(19(21)11-29)36-14-15-2-1-7-30-12-15/h1-2,5-7,12-13,16H,3-4,8-9,14H2,(H,32,33). The molecule has 172 valence electrons. The van der Waals surface area contributed by atoms with Crippen LogP contribution < -0.4 is 10.1 Å². The molecule has 0 atom stereocenters. The maximum atomic E-state index is 10.1. The number of hydrogen-bond acceptors (Lipinski definition) is 9. The van der Waals surface area contributed by atoms with Crippen LogP contribution in [0, 0.1) is 22.7 Å². The number of nitrogens with zero attached hydrogens (tertiary/aromatic N) is 5. The number of thioether (sulfide) groups is 1. The Labute approximate surface area is 218 Å². The van der Waals surface area contributed by atoms with Crippen LogP contribution in [0.2, 0.25) is 0 Å². The van der Waals surface area contributed by atoms with E-state index in [0.717, 1.165) is 18.4 Å². The minimum atomic E-state index is -1.73. The van der Waals surface area contributed by atoms with Gasteiger partial charge in [0, 0.05) is 29.8 Å². The minimum absolute atomic E-state index is 0.0838. The second-order valence-corrected chi connectivity index (χ2v) is 9.08. The van der Waals surface area contributed by atoms with Gasteiger partial charge in [-0.15, -0.1) is 11.8 Å². The summed E-state index contributed by atoms with van der Waals surface area (Å²) in [5, 5.41) is 22.2. The Morgan fingerprint density at radius 3 is 2.50 bits per heavy atom. The number of nitriles is 2. The number of ether oxygens (including phenoxy) is 2. The predicted molar refractivity (Wildman–Crippen MR) is 139 cm³/mol. The van der Waals surface area contributed by atoms with Crippen molar-refractivity contribution in [1.29, 1.82) is 10.5 Å². The fourth-order valence-electron chi connectivity index (χ4n) is 3.29. The fourth-order valence-corrected chi connectivity index (χ4v) is 4.21. The molecular weight excluding hydrogens is 469 g/mol. The van der Waals surface area contributed by atoms with Crippen molar-refractivity contribution in [2.24, 2.45) is 0 Å². The molecule has 0 unspecified atom stereocenters. The molecule has 1 saturated carbocycles. The molecule has 0 spiro atoms. The maximum Gasteiger partial charge on any atom is 0.146 e. The zero-order chi connectivity index (χ0) is 25.5. The lowest BCUT2D eigenvalue weighted by Gasteiger charge is -2.21. The van der Waals surface area contributed by atoms with Gasteiger partial charge in [-0.25, -0.2) is 4.98 Å². The van der Waals surface area contributed by atoms with E-state index in [2.05, 4.69) is 32.4 Å². The van der Waals surface area contributed by atoms with Crippen molar-refractivity contribution >= 4 is 41.1 Å². The van der Waals surface area contributed by atoms with Gasteiger partial charge in [0.15, 0.2) is 0 Å². The number of pyridine rings is 3. The van der Waals surface area contributed by atoms with E-state index >= 15 is 0 Å². The summed E-state index contributed by atoms with van der Waals surface area (Å²) < 4.78 is 10.6. The lowest BCUT2D eigenvalue weighted by molar-refractivity contribution is 0.0948. The number of aromatic nitrogens is 3. The third kappa shape index (κ3) is 6.81. The first kappa shape index (κ1) is 25.6. The monoisotopic (exact) mass is 488 g/mol. The number of nitrogens with one attached hydrogen (secondary N) is 1. The largest absolute Gasteiger partial charge is 0.490 e. The molecule has 3 aromatic rings. The van der Waals surface area contributed by atoms with Crippen LogP contribution in [0.4, 0.5) is 5.82 Å². The van der Waals surface area contributed by atoms with E-state index in [0.29, 0.717) is 39.2 Å². The molecule has 4 rings (SSSR count). The molecule has 6 radical (unpaired) electrons. The molecule has 0 amide bonds. The molecular formula is C24H19B3N6O2S. The second-order valence-electron chi connectivity index (χ2n) is 8.11. The molecule has 36 heavy (non-hydrogen) atoms. The summed E-state index contributed by atoms with van der Waals surface area (Å²) in [4.78, 5) is 13.3. The third-order valence-electron chi connectivity index (χ3n) is 5.10. The number of hydrogen-bond donors (Lipinski definition) is 1. The lowest BCUT2D eigenvalue weighted by atomic mass is 9.52. The first-order chi connectivity index (χ1) is 17.4. The molecule has 1 fully saturated rings. The van der Waals surface area contributed by atoms with Gasteiger partial charge in [0.1, 0.15) is 40.9 Å². The van der Waals surface area contributed by atoms with Crippen molar-refractivity contribution in [2.45, 2.75) is 35.0 Å². The van der Waals surface area contributed by atoms with Crippen molar-refractivity contribution < 1.29 is 9.47 Å². The summed E-state index contributed by atoms with van der Waals surface area (Å²) in [6.45, 7) is 0.238. The SMILES string of the molecule is [B]C([B])([B])OCCOc1ccc(-c2c(C#N)c(NC3CC3)nc(SCc3cccnc3)c2C#N)nc1. The predicted octanol–water partition coefficient (Wildman–Crippen LogP) is 2.66. The van der Waals surface area contributed by atoms with Crippen LogP contribution in [0.5, 0.6) is 5.75 Å². The molecule has 0 bridgehead atoms. The summed E-state index contributed by atoms with van der Waals surface area (Å²) in [6, 6.07) is 11.9. The zero-order valence-electron chi connectivity index (χ0n) is 19.3. The lowest BCUT2D eigenvalue weighted by Crippen LogP contribution is -2.35. The van der Waals surface area contributed by atoms with E-state index < -0.39 is 5.30 Å². The van der Waals surface area contributed by atoms with Gasteiger partial charge < -0.3 is 14.8 Å². The van der Waals surface area contributed by atoms with Crippen molar-refractivity contribution in [3.05, 3.63) is 59.5 Å². The second kappa shape index (κ2) is 11.5. The van der Waals surface area contributed by atoms with Crippen molar-refractivity contribution in [1.82, 2.24) is 15.0 Å². The molecule has 1 aliphatic rings. The van der Waals surface area contributed by atoms with Crippen LogP contribution in [-0.2, 0) is 10.5 Å². The fraction of sp³-hybridized carbons (Fsp3) is 0.292. The van der Waals surface area contributed by atoms with E-state index in [1.807, 2.05) is 12.1 Å². The highest BCUT2D eigenvalue weighted by atomic mass is 32.2. The molecule has 3 aromatic heterocycles. The van der Waals surface area contributed by atoms with Crippen LogP contribution >= 0.6 is 11.8 Å².